The van der Waals surface area contributed by atoms with Crippen LogP contribution in [0.3, 0.4) is 0 Å². The Morgan fingerprint density at radius 1 is 0.265 bits per heavy atom. The first-order valence-corrected chi connectivity index (χ1v) is 46.0. The molecule has 5 atom stereocenters. The van der Waals surface area contributed by atoms with Crippen LogP contribution in [0.15, 0.2) is 0 Å². The molecule has 0 aliphatic rings. The van der Waals surface area contributed by atoms with Gasteiger partial charge in [0.15, 0.2) is 12.2 Å². The molecule has 2 unspecified atom stereocenters. The summed E-state index contributed by atoms with van der Waals surface area (Å²) in [5.74, 6) is -0.550. The van der Waals surface area contributed by atoms with E-state index in [0.717, 1.165) is 102 Å². The van der Waals surface area contributed by atoms with Crippen LogP contribution < -0.4 is 0 Å². The summed E-state index contributed by atoms with van der Waals surface area (Å²) in [6, 6.07) is 0. The third-order valence-corrected chi connectivity index (χ3v) is 21.4. The smallest absolute Gasteiger partial charge is 0.462 e. The molecule has 19 heteroatoms. The zero-order chi connectivity index (χ0) is 74.9. The minimum absolute atomic E-state index is 0.108. The molecule has 0 amide bonds. The SMILES string of the molecule is CCCCCCCCCCCCCCCCCCC(=O)OC[C@H](COP(=O)(O)OC[C@@H](O)COP(=O)(O)OC[C@@H](COC(=O)CCCCCCCCCCCC(C)C)OC(=O)CCCCCCCCCCCCCCCCC)OC(=O)CCCCCCCCCCCCCCCCCCC(C)C. The molecule has 606 valence electrons. The molecular formula is C83H162O17P2. The van der Waals surface area contributed by atoms with Crippen molar-refractivity contribution in [2.24, 2.45) is 11.8 Å². The molecule has 3 N–H and O–H groups in total. The highest BCUT2D eigenvalue weighted by molar-refractivity contribution is 7.47. The molecular weight excluding hydrogens is 1330 g/mol. The number of carbonyl (C=O) groups excluding carboxylic acids is 4. The fourth-order valence-electron chi connectivity index (χ4n) is 12.9. The highest BCUT2D eigenvalue weighted by Gasteiger charge is 2.30. The summed E-state index contributed by atoms with van der Waals surface area (Å²) < 4.78 is 68.8. The minimum Gasteiger partial charge on any atom is -0.462 e. The summed E-state index contributed by atoms with van der Waals surface area (Å²) in [4.78, 5) is 73.1. The predicted octanol–water partition coefficient (Wildman–Crippen LogP) is 25.1. The maximum atomic E-state index is 13.1. The number of hydrogen-bond acceptors (Lipinski definition) is 15. The molecule has 0 aromatic heterocycles. The van der Waals surface area contributed by atoms with Crippen molar-refractivity contribution in [1.29, 1.82) is 0 Å². The highest BCUT2D eigenvalue weighted by Crippen LogP contribution is 2.45. The second-order valence-corrected chi connectivity index (χ2v) is 33.7. The van der Waals surface area contributed by atoms with E-state index >= 15 is 0 Å². The zero-order valence-corrected chi connectivity index (χ0v) is 68.7. The maximum absolute atomic E-state index is 13.1. The van der Waals surface area contributed by atoms with Crippen molar-refractivity contribution < 1.29 is 80.2 Å². The van der Waals surface area contributed by atoms with Gasteiger partial charge in [-0.25, -0.2) is 9.13 Å². The van der Waals surface area contributed by atoms with Gasteiger partial charge in [0.05, 0.1) is 26.4 Å². The minimum atomic E-state index is -4.96. The number of ether oxygens (including phenoxy) is 4. The summed E-state index contributed by atoms with van der Waals surface area (Å²) >= 11 is 0. The van der Waals surface area contributed by atoms with Gasteiger partial charge in [0, 0.05) is 25.7 Å². The molecule has 0 spiro atoms. The van der Waals surface area contributed by atoms with Crippen molar-refractivity contribution in [2.45, 2.75) is 458 Å². The van der Waals surface area contributed by atoms with Gasteiger partial charge in [-0.05, 0) is 37.5 Å². The lowest BCUT2D eigenvalue weighted by molar-refractivity contribution is -0.161. The van der Waals surface area contributed by atoms with E-state index < -0.39 is 97.5 Å². The summed E-state index contributed by atoms with van der Waals surface area (Å²) in [6.07, 6.45) is 65.1. The number of phosphoric ester groups is 2. The Labute approximate surface area is 626 Å². The van der Waals surface area contributed by atoms with E-state index in [1.807, 2.05) is 0 Å². The quantitative estimate of drug-likeness (QED) is 0.0222. The standard InChI is InChI=1S/C83H162O17P2/c1-7-9-11-13-15-17-19-21-23-28-31-35-41-47-53-59-65-80(85)93-71-78(99-83(88)68-62-56-50-43-37-33-29-25-24-27-30-34-39-45-51-57-63-75(3)4)73-97-101(89,90)95-69-77(84)70-96-102(91,92)98-74-79(72-94-81(86)66-60-54-48-44-38-40-46-52-58-64-76(5)6)100-82(87)67-61-55-49-42-36-32-26-22-20-18-16-14-12-10-8-2/h75-79,84H,7-74H2,1-6H3,(H,89,90)(H,91,92)/t77-,78-,79-/m1/s1. The van der Waals surface area contributed by atoms with Crippen molar-refractivity contribution in [1.82, 2.24) is 0 Å². The fraction of sp³-hybridized carbons (Fsp3) is 0.952. The Morgan fingerprint density at radius 3 is 0.667 bits per heavy atom. The Morgan fingerprint density at radius 2 is 0.451 bits per heavy atom. The molecule has 102 heavy (non-hydrogen) atoms. The maximum Gasteiger partial charge on any atom is 0.472 e. The van der Waals surface area contributed by atoms with Crippen LogP contribution >= 0.6 is 15.6 Å². The average molecular weight is 1490 g/mol. The number of hydrogen-bond donors (Lipinski definition) is 3. The Kier molecular flexibility index (Phi) is 73.1. The van der Waals surface area contributed by atoms with E-state index in [4.69, 9.17) is 37.0 Å². The molecule has 0 radical (unpaired) electrons. The van der Waals surface area contributed by atoms with Gasteiger partial charge in [-0.1, -0.05) is 388 Å². The molecule has 0 aliphatic carbocycles. The van der Waals surface area contributed by atoms with Gasteiger partial charge in [-0.2, -0.15) is 0 Å². The number of unbranched alkanes of at least 4 members (excludes halogenated alkanes) is 52. The van der Waals surface area contributed by atoms with Gasteiger partial charge < -0.3 is 33.8 Å². The lowest BCUT2D eigenvalue weighted by Gasteiger charge is -2.21. The second kappa shape index (κ2) is 74.5. The van der Waals surface area contributed by atoms with Crippen LogP contribution in [-0.2, 0) is 65.4 Å². The van der Waals surface area contributed by atoms with Gasteiger partial charge in [0.2, 0.25) is 0 Å². The van der Waals surface area contributed by atoms with Crippen LogP contribution in [-0.4, -0.2) is 96.7 Å². The van der Waals surface area contributed by atoms with E-state index in [9.17, 15) is 43.2 Å². The first-order chi connectivity index (χ1) is 49.4. The lowest BCUT2D eigenvalue weighted by atomic mass is 10.0. The molecule has 0 aromatic rings. The number of phosphoric acid groups is 2. The van der Waals surface area contributed by atoms with Gasteiger partial charge in [0.25, 0.3) is 0 Å². The third-order valence-electron chi connectivity index (χ3n) is 19.5. The number of aliphatic hydroxyl groups excluding tert-OH is 1. The third kappa shape index (κ3) is 76.3. The van der Waals surface area contributed by atoms with Crippen molar-refractivity contribution in [2.75, 3.05) is 39.6 Å². The number of rotatable bonds is 82. The Bertz CT molecular complexity index is 1960. The van der Waals surface area contributed by atoms with Gasteiger partial charge in [-0.15, -0.1) is 0 Å². The van der Waals surface area contributed by atoms with Gasteiger partial charge >= 0.3 is 39.5 Å². The lowest BCUT2D eigenvalue weighted by Crippen LogP contribution is -2.30. The normalized spacial score (nSPS) is 13.9. The Hall–Kier alpha value is -1.94. The summed E-state index contributed by atoms with van der Waals surface area (Å²) in [5.41, 5.74) is 0. The monoisotopic (exact) mass is 1490 g/mol. The van der Waals surface area contributed by atoms with Crippen molar-refractivity contribution in [3.63, 3.8) is 0 Å². The first-order valence-electron chi connectivity index (χ1n) is 43.0. The second-order valence-electron chi connectivity index (χ2n) is 30.8. The van der Waals surface area contributed by atoms with Crippen LogP contribution in [0.1, 0.15) is 440 Å². The number of carbonyl (C=O) groups is 4. The van der Waals surface area contributed by atoms with Crippen LogP contribution in [0.4, 0.5) is 0 Å². The van der Waals surface area contributed by atoms with Gasteiger partial charge in [-0.3, -0.25) is 37.3 Å². The molecule has 0 heterocycles. The van der Waals surface area contributed by atoms with Crippen molar-refractivity contribution >= 4 is 39.5 Å². The summed E-state index contributed by atoms with van der Waals surface area (Å²) in [5, 5.41) is 10.7. The van der Waals surface area contributed by atoms with Crippen LogP contribution in [0.25, 0.3) is 0 Å². The van der Waals surface area contributed by atoms with E-state index in [0.29, 0.717) is 25.7 Å². The topological polar surface area (TPSA) is 237 Å². The zero-order valence-electron chi connectivity index (χ0n) is 66.9. The van der Waals surface area contributed by atoms with Crippen molar-refractivity contribution in [3.8, 4) is 0 Å². The fourth-order valence-corrected chi connectivity index (χ4v) is 14.5. The number of esters is 4. The molecule has 0 fully saturated rings. The number of aliphatic hydroxyl groups is 1. The van der Waals surface area contributed by atoms with Crippen LogP contribution in [0, 0.1) is 11.8 Å². The van der Waals surface area contributed by atoms with E-state index in [1.165, 1.54) is 257 Å². The molecule has 17 nitrogen and oxygen atoms in total. The summed E-state index contributed by atoms with van der Waals surface area (Å²) in [7, 11) is -9.92. The highest BCUT2D eigenvalue weighted by atomic mass is 31.2. The molecule has 0 rings (SSSR count). The average Bonchev–Trinajstić information content (AvgIpc) is 0.912. The van der Waals surface area contributed by atoms with E-state index in [2.05, 4.69) is 41.5 Å². The molecule has 0 saturated carbocycles. The van der Waals surface area contributed by atoms with Gasteiger partial charge in [0.1, 0.15) is 19.3 Å². The molecule has 0 aromatic carbocycles. The largest absolute Gasteiger partial charge is 0.472 e. The summed E-state index contributed by atoms with van der Waals surface area (Å²) in [6.45, 7) is 9.67. The van der Waals surface area contributed by atoms with E-state index in [1.54, 1.807) is 0 Å². The van der Waals surface area contributed by atoms with Crippen molar-refractivity contribution in [3.05, 3.63) is 0 Å². The predicted molar refractivity (Wildman–Crippen MR) is 418 cm³/mol. The molecule has 0 aliphatic heterocycles. The molecule has 0 saturated heterocycles. The van der Waals surface area contributed by atoms with Crippen LogP contribution in [0.5, 0.6) is 0 Å². The van der Waals surface area contributed by atoms with Crippen LogP contribution in [0.2, 0.25) is 0 Å². The molecule has 0 bridgehead atoms. The Balaban J connectivity index is 5.26. The first kappa shape index (κ1) is 100. The van der Waals surface area contributed by atoms with E-state index in [-0.39, 0.29) is 25.7 Å².